The van der Waals surface area contributed by atoms with Crippen molar-refractivity contribution in [3.05, 3.63) is 77.3 Å². The summed E-state index contributed by atoms with van der Waals surface area (Å²) in [5.74, 6) is -0.491. The molecule has 0 bridgehead atoms. The van der Waals surface area contributed by atoms with E-state index < -0.39 is 15.9 Å². The van der Waals surface area contributed by atoms with Gasteiger partial charge < -0.3 is 5.32 Å². The van der Waals surface area contributed by atoms with E-state index in [-0.39, 0.29) is 21.3 Å². The molecule has 7 nitrogen and oxygen atoms in total. The highest BCUT2D eigenvalue weighted by atomic mass is 35.5. The van der Waals surface area contributed by atoms with Crippen molar-refractivity contribution in [1.29, 1.82) is 0 Å². The number of nitrogens with one attached hydrogen (secondary N) is 2. The van der Waals surface area contributed by atoms with Gasteiger partial charge in [-0.3, -0.25) is 14.5 Å². The van der Waals surface area contributed by atoms with Gasteiger partial charge in [0.25, 0.3) is 15.9 Å². The molecule has 2 N–H and O–H groups in total. The third-order valence-electron chi connectivity index (χ3n) is 3.65. The molecule has 0 radical (unpaired) electrons. The average molecular weight is 403 g/mol. The molecular weight excluding hydrogens is 388 g/mol. The topological polar surface area (TPSA) is 101 Å². The number of amides is 1. The van der Waals surface area contributed by atoms with Crippen LogP contribution in [0.4, 0.5) is 11.4 Å². The zero-order valence-electron chi connectivity index (χ0n) is 14.2. The molecule has 0 aliphatic carbocycles. The fourth-order valence-corrected chi connectivity index (χ4v) is 3.91. The second-order valence-corrected chi connectivity index (χ2v) is 7.67. The Labute approximate surface area is 161 Å². The number of hydrogen-bond donors (Lipinski definition) is 2. The van der Waals surface area contributed by atoms with E-state index in [1.54, 1.807) is 43.3 Å². The van der Waals surface area contributed by atoms with Crippen LogP contribution in [0.15, 0.2) is 66.0 Å². The molecular formula is C18H15ClN4O3S. The summed E-state index contributed by atoms with van der Waals surface area (Å²) in [6, 6.07) is 11.1. The molecule has 2 aromatic carbocycles. The second-order valence-electron chi connectivity index (χ2n) is 5.61. The summed E-state index contributed by atoms with van der Waals surface area (Å²) in [4.78, 5) is 20.0. The van der Waals surface area contributed by atoms with E-state index in [9.17, 15) is 13.2 Å². The summed E-state index contributed by atoms with van der Waals surface area (Å²) in [5, 5.41) is 2.90. The number of hydrogen-bond acceptors (Lipinski definition) is 5. The Morgan fingerprint density at radius 2 is 1.89 bits per heavy atom. The predicted molar refractivity (Wildman–Crippen MR) is 103 cm³/mol. The third kappa shape index (κ3) is 4.42. The fourth-order valence-electron chi connectivity index (χ4n) is 2.32. The summed E-state index contributed by atoms with van der Waals surface area (Å²) >= 11 is 6.03. The largest absolute Gasteiger partial charge is 0.321 e. The molecule has 0 spiro atoms. The first-order valence-electron chi connectivity index (χ1n) is 7.82. The number of para-hydroxylation sites is 1. The van der Waals surface area contributed by atoms with Crippen LogP contribution in [0.2, 0.25) is 5.02 Å². The lowest BCUT2D eigenvalue weighted by atomic mass is 10.2. The van der Waals surface area contributed by atoms with Crippen LogP contribution >= 0.6 is 11.6 Å². The summed E-state index contributed by atoms with van der Waals surface area (Å²) < 4.78 is 28.0. The highest BCUT2D eigenvalue weighted by Crippen LogP contribution is 2.26. The minimum Gasteiger partial charge on any atom is -0.321 e. The number of aromatic nitrogens is 2. The molecule has 0 saturated carbocycles. The summed E-state index contributed by atoms with van der Waals surface area (Å²) in [5.41, 5.74) is 1.23. The molecule has 3 aromatic rings. The van der Waals surface area contributed by atoms with Gasteiger partial charge in [0, 0.05) is 18.1 Å². The van der Waals surface area contributed by atoms with E-state index in [0.29, 0.717) is 11.3 Å². The van der Waals surface area contributed by atoms with Crippen LogP contribution in [0.5, 0.6) is 0 Å². The van der Waals surface area contributed by atoms with Crippen molar-refractivity contribution in [3.8, 4) is 0 Å². The van der Waals surface area contributed by atoms with Crippen molar-refractivity contribution in [2.24, 2.45) is 0 Å². The Morgan fingerprint density at radius 1 is 1.11 bits per heavy atom. The lowest BCUT2D eigenvalue weighted by Gasteiger charge is -2.13. The Bertz CT molecular complexity index is 1090. The van der Waals surface area contributed by atoms with E-state index >= 15 is 0 Å². The number of nitrogens with zero attached hydrogens (tertiary/aromatic N) is 2. The van der Waals surface area contributed by atoms with Crippen molar-refractivity contribution in [1.82, 2.24) is 9.97 Å². The van der Waals surface area contributed by atoms with E-state index in [1.807, 2.05) is 0 Å². The molecule has 3 rings (SSSR count). The molecule has 27 heavy (non-hydrogen) atoms. The normalized spacial score (nSPS) is 11.0. The number of anilines is 2. The molecule has 1 aromatic heterocycles. The Morgan fingerprint density at radius 3 is 2.59 bits per heavy atom. The summed E-state index contributed by atoms with van der Waals surface area (Å²) in [6.07, 6.45) is 4.17. The first kappa shape index (κ1) is 18.8. The average Bonchev–Trinajstić information content (AvgIpc) is 2.65. The number of halogens is 1. The standard InChI is InChI=1S/C18H15ClN4O3S/c1-12-6-7-13(22-18(24)16-11-20-8-9-21-16)10-17(12)27(25,26)23-15-5-3-2-4-14(15)19/h2-11,23H,1H3,(H,22,24). The molecule has 138 valence electrons. The molecule has 9 heteroatoms. The van der Waals surface area contributed by atoms with Gasteiger partial charge >= 0.3 is 0 Å². The summed E-state index contributed by atoms with van der Waals surface area (Å²) in [6.45, 7) is 1.66. The minimum absolute atomic E-state index is 0.0272. The van der Waals surface area contributed by atoms with Crippen LogP contribution in [-0.2, 0) is 10.0 Å². The van der Waals surface area contributed by atoms with Crippen LogP contribution in [0.25, 0.3) is 0 Å². The quantitative estimate of drug-likeness (QED) is 0.680. The maximum atomic E-state index is 12.8. The number of carbonyl (C=O) groups is 1. The zero-order chi connectivity index (χ0) is 19.4. The number of sulfonamides is 1. The van der Waals surface area contributed by atoms with Gasteiger partial charge in [0.1, 0.15) is 5.69 Å². The Balaban J connectivity index is 1.89. The maximum absolute atomic E-state index is 12.8. The molecule has 1 heterocycles. The second kappa shape index (κ2) is 7.73. The molecule has 0 saturated heterocycles. The number of aryl methyl sites for hydroxylation is 1. The number of benzene rings is 2. The van der Waals surface area contributed by atoms with Crippen molar-refractivity contribution >= 4 is 38.9 Å². The van der Waals surface area contributed by atoms with Crippen molar-refractivity contribution in [2.75, 3.05) is 10.0 Å². The lowest BCUT2D eigenvalue weighted by Crippen LogP contribution is -2.17. The van der Waals surface area contributed by atoms with E-state index in [2.05, 4.69) is 20.0 Å². The van der Waals surface area contributed by atoms with Gasteiger partial charge in [0.15, 0.2) is 0 Å². The van der Waals surface area contributed by atoms with Crippen LogP contribution in [-0.4, -0.2) is 24.3 Å². The van der Waals surface area contributed by atoms with E-state index in [4.69, 9.17) is 11.6 Å². The minimum atomic E-state index is -3.90. The maximum Gasteiger partial charge on any atom is 0.275 e. The first-order valence-corrected chi connectivity index (χ1v) is 9.68. The highest BCUT2D eigenvalue weighted by Gasteiger charge is 2.19. The monoisotopic (exact) mass is 402 g/mol. The van der Waals surface area contributed by atoms with Gasteiger partial charge in [-0.15, -0.1) is 0 Å². The molecule has 0 aliphatic heterocycles. The van der Waals surface area contributed by atoms with E-state index in [1.165, 1.54) is 24.7 Å². The van der Waals surface area contributed by atoms with E-state index in [0.717, 1.165) is 0 Å². The van der Waals surface area contributed by atoms with Gasteiger partial charge in [-0.25, -0.2) is 13.4 Å². The lowest BCUT2D eigenvalue weighted by molar-refractivity contribution is 0.102. The van der Waals surface area contributed by atoms with Crippen molar-refractivity contribution in [2.45, 2.75) is 11.8 Å². The van der Waals surface area contributed by atoms with Crippen LogP contribution in [0.3, 0.4) is 0 Å². The SMILES string of the molecule is Cc1ccc(NC(=O)c2cnccn2)cc1S(=O)(=O)Nc1ccccc1Cl. The van der Waals surface area contributed by atoms with Crippen LogP contribution < -0.4 is 10.0 Å². The number of rotatable bonds is 5. The van der Waals surface area contributed by atoms with Gasteiger partial charge in [-0.2, -0.15) is 0 Å². The molecule has 1 amide bonds. The van der Waals surface area contributed by atoms with Gasteiger partial charge in [-0.1, -0.05) is 29.8 Å². The fraction of sp³-hybridized carbons (Fsp3) is 0.0556. The molecule has 0 fully saturated rings. The first-order chi connectivity index (χ1) is 12.9. The number of carbonyl (C=O) groups excluding carboxylic acids is 1. The Kier molecular flexibility index (Phi) is 5.38. The zero-order valence-corrected chi connectivity index (χ0v) is 15.8. The van der Waals surface area contributed by atoms with Crippen molar-refractivity contribution in [3.63, 3.8) is 0 Å². The van der Waals surface area contributed by atoms with Gasteiger partial charge in [0.2, 0.25) is 0 Å². The van der Waals surface area contributed by atoms with Crippen LogP contribution in [0, 0.1) is 6.92 Å². The molecule has 0 atom stereocenters. The summed E-state index contributed by atoms with van der Waals surface area (Å²) in [7, 11) is -3.90. The van der Waals surface area contributed by atoms with Gasteiger partial charge in [0.05, 0.1) is 21.8 Å². The highest BCUT2D eigenvalue weighted by molar-refractivity contribution is 7.92. The van der Waals surface area contributed by atoms with Crippen LogP contribution in [0.1, 0.15) is 16.1 Å². The molecule has 0 unspecified atom stereocenters. The van der Waals surface area contributed by atoms with Crippen molar-refractivity contribution < 1.29 is 13.2 Å². The third-order valence-corrected chi connectivity index (χ3v) is 5.49. The molecule has 0 aliphatic rings. The Hall–Kier alpha value is -2.97. The van der Waals surface area contributed by atoms with Gasteiger partial charge in [-0.05, 0) is 36.8 Å². The smallest absolute Gasteiger partial charge is 0.275 e. The predicted octanol–water partition coefficient (Wildman–Crippen LogP) is 3.49.